The van der Waals surface area contributed by atoms with Crippen LogP contribution in [0.1, 0.15) is 28.6 Å². The number of nitrogens with zero attached hydrogens (tertiary/aromatic N) is 1. The van der Waals surface area contributed by atoms with Gasteiger partial charge < -0.3 is 14.4 Å². The van der Waals surface area contributed by atoms with Gasteiger partial charge in [-0.25, -0.2) is 0 Å². The van der Waals surface area contributed by atoms with E-state index in [9.17, 15) is 4.79 Å². The van der Waals surface area contributed by atoms with E-state index in [2.05, 4.69) is 6.92 Å². The average molecular weight is 331 g/mol. The van der Waals surface area contributed by atoms with E-state index in [-0.39, 0.29) is 12.0 Å². The molecule has 1 aliphatic rings. The summed E-state index contributed by atoms with van der Waals surface area (Å²) < 4.78 is 11.2. The zero-order valence-corrected chi connectivity index (χ0v) is 14.3. The van der Waals surface area contributed by atoms with Crippen LogP contribution in [-0.4, -0.2) is 37.1 Å². The molecule has 0 aliphatic carbocycles. The maximum Gasteiger partial charge on any atom is 0.254 e. The van der Waals surface area contributed by atoms with Gasteiger partial charge in [-0.15, -0.1) is 11.3 Å². The molecule has 1 aromatic carbocycles. The number of hydrogen-bond donors (Lipinski definition) is 0. The molecule has 0 bridgehead atoms. The van der Waals surface area contributed by atoms with Gasteiger partial charge in [0.1, 0.15) is 6.10 Å². The van der Waals surface area contributed by atoms with Crippen LogP contribution in [-0.2, 0) is 6.42 Å². The van der Waals surface area contributed by atoms with Gasteiger partial charge in [-0.3, -0.25) is 4.79 Å². The van der Waals surface area contributed by atoms with Crippen LogP contribution < -0.4 is 9.47 Å². The number of benzene rings is 1. The lowest BCUT2D eigenvalue weighted by Crippen LogP contribution is -2.56. The van der Waals surface area contributed by atoms with Crippen LogP contribution in [0.2, 0.25) is 0 Å². The molecule has 1 amide bonds. The molecule has 0 unspecified atom stereocenters. The Morgan fingerprint density at radius 3 is 2.74 bits per heavy atom. The first-order valence-corrected chi connectivity index (χ1v) is 8.75. The molecule has 2 heterocycles. The number of aryl methyl sites for hydroxylation is 1. The van der Waals surface area contributed by atoms with Gasteiger partial charge >= 0.3 is 0 Å². The lowest BCUT2D eigenvalue weighted by atomic mass is 10.1. The maximum absolute atomic E-state index is 12.4. The standard InChI is InChI=1S/C18H21NO3S/c1-3-6-15-9-13(12-23-15)18(20)19-10-14(11-19)22-17-8-5-4-7-16(17)21-2/h4-5,7-9,12,14H,3,6,10-11H2,1-2H3. The molecule has 23 heavy (non-hydrogen) atoms. The van der Waals surface area contributed by atoms with Crippen molar-refractivity contribution in [2.45, 2.75) is 25.9 Å². The number of carbonyl (C=O) groups is 1. The van der Waals surface area contributed by atoms with E-state index in [0.717, 1.165) is 29.9 Å². The molecule has 3 rings (SSSR count). The highest BCUT2D eigenvalue weighted by molar-refractivity contribution is 7.10. The van der Waals surface area contributed by atoms with Crippen molar-refractivity contribution < 1.29 is 14.3 Å². The highest BCUT2D eigenvalue weighted by Crippen LogP contribution is 2.29. The van der Waals surface area contributed by atoms with Gasteiger partial charge in [-0.05, 0) is 24.6 Å². The van der Waals surface area contributed by atoms with Crippen LogP contribution in [0.25, 0.3) is 0 Å². The Kier molecular flexibility index (Phi) is 4.86. The van der Waals surface area contributed by atoms with Crippen molar-refractivity contribution in [3.8, 4) is 11.5 Å². The quantitative estimate of drug-likeness (QED) is 0.811. The topological polar surface area (TPSA) is 38.8 Å². The first-order chi connectivity index (χ1) is 11.2. The largest absolute Gasteiger partial charge is 0.493 e. The number of thiophene rings is 1. The van der Waals surface area contributed by atoms with Crippen molar-refractivity contribution in [2.24, 2.45) is 0 Å². The normalized spacial score (nSPS) is 14.4. The molecule has 0 spiro atoms. The Bertz CT molecular complexity index is 676. The fourth-order valence-corrected chi connectivity index (χ4v) is 3.59. The van der Waals surface area contributed by atoms with Gasteiger partial charge in [0.2, 0.25) is 0 Å². The van der Waals surface area contributed by atoms with E-state index in [4.69, 9.17) is 9.47 Å². The predicted molar refractivity (Wildman–Crippen MR) is 91.6 cm³/mol. The Hall–Kier alpha value is -2.01. The van der Waals surface area contributed by atoms with E-state index in [1.165, 1.54) is 4.88 Å². The summed E-state index contributed by atoms with van der Waals surface area (Å²) in [6.07, 6.45) is 2.17. The molecule has 122 valence electrons. The summed E-state index contributed by atoms with van der Waals surface area (Å²) in [5, 5.41) is 1.96. The molecule has 0 N–H and O–H groups in total. The van der Waals surface area contributed by atoms with Crippen molar-refractivity contribution >= 4 is 17.2 Å². The van der Waals surface area contributed by atoms with Gasteiger partial charge in [-0.2, -0.15) is 0 Å². The first kappa shape index (κ1) is 15.9. The van der Waals surface area contributed by atoms with E-state index in [1.807, 2.05) is 40.6 Å². The number of rotatable bonds is 6. The monoisotopic (exact) mass is 331 g/mol. The first-order valence-electron chi connectivity index (χ1n) is 7.87. The molecule has 4 nitrogen and oxygen atoms in total. The van der Waals surface area contributed by atoms with Crippen LogP contribution in [0.4, 0.5) is 0 Å². The number of para-hydroxylation sites is 2. The summed E-state index contributed by atoms with van der Waals surface area (Å²) in [5.74, 6) is 1.55. The number of hydrogen-bond acceptors (Lipinski definition) is 4. The van der Waals surface area contributed by atoms with Crippen molar-refractivity contribution in [3.63, 3.8) is 0 Å². The fraction of sp³-hybridized carbons (Fsp3) is 0.389. The van der Waals surface area contributed by atoms with Gasteiger partial charge in [-0.1, -0.05) is 25.5 Å². The zero-order valence-electron chi connectivity index (χ0n) is 13.5. The Labute approximate surface area is 140 Å². The lowest BCUT2D eigenvalue weighted by molar-refractivity contribution is 0.0169. The van der Waals surface area contributed by atoms with E-state index in [0.29, 0.717) is 13.1 Å². The third-order valence-electron chi connectivity index (χ3n) is 3.90. The molecule has 0 atom stereocenters. The van der Waals surface area contributed by atoms with Crippen molar-refractivity contribution in [1.29, 1.82) is 0 Å². The minimum Gasteiger partial charge on any atom is -0.493 e. The molecule has 5 heteroatoms. The molecule has 0 radical (unpaired) electrons. The van der Waals surface area contributed by atoms with Crippen LogP contribution >= 0.6 is 11.3 Å². The summed E-state index contributed by atoms with van der Waals surface area (Å²) in [4.78, 5) is 15.5. The Balaban J connectivity index is 1.55. The average Bonchev–Trinajstić information content (AvgIpc) is 2.99. The number of likely N-dealkylation sites (tertiary alicyclic amines) is 1. The molecule has 1 aliphatic heterocycles. The number of methoxy groups -OCH3 is 1. The molecular weight excluding hydrogens is 310 g/mol. The maximum atomic E-state index is 12.4. The van der Waals surface area contributed by atoms with Gasteiger partial charge in [0.05, 0.1) is 25.8 Å². The second kappa shape index (κ2) is 7.04. The summed E-state index contributed by atoms with van der Waals surface area (Å²) in [5.41, 5.74) is 0.800. The van der Waals surface area contributed by atoms with E-state index < -0.39 is 0 Å². The third kappa shape index (κ3) is 3.50. The van der Waals surface area contributed by atoms with Crippen molar-refractivity contribution in [1.82, 2.24) is 4.90 Å². The number of ether oxygens (including phenoxy) is 2. The summed E-state index contributed by atoms with van der Waals surface area (Å²) >= 11 is 1.67. The van der Waals surface area contributed by atoms with E-state index in [1.54, 1.807) is 18.4 Å². The van der Waals surface area contributed by atoms with Crippen LogP contribution in [0, 0.1) is 0 Å². The number of carbonyl (C=O) groups excluding carboxylic acids is 1. The predicted octanol–water partition coefficient (Wildman–Crippen LogP) is 3.61. The molecule has 2 aromatic rings. The highest BCUT2D eigenvalue weighted by Gasteiger charge is 2.33. The second-order valence-corrected chi connectivity index (χ2v) is 6.65. The van der Waals surface area contributed by atoms with Gasteiger partial charge in [0, 0.05) is 10.3 Å². The summed E-state index contributed by atoms with van der Waals surface area (Å²) in [6.45, 7) is 3.39. The molecule has 1 fully saturated rings. The third-order valence-corrected chi connectivity index (χ3v) is 4.89. The van der Waals surface area contributed by atoms with Crippen LogP contribution in [0.3, 0.4) is 0 Å². The van der Waals surface area contributed by atoms with Gasteiger partial charge in [0.15, 0.2) is 11.5 Å². The molecule has 0 saturated carbocycles. The summed E-state index contributed by atoms with van der Waals surface area (Å²) in [6, 6.07) is 9.61. The van der Waals surface area contributed by atoms with Crippen LogP contribution in [0.15, 0.2) is 35.7 Å². The Morgan fingerprint density at radius 2 is 2.04 bits per heavy atom. The SMILES string of the molecule is CCCc1cc(C(=O)N2CC(Oc3ccccc3OC)C2)cs1. The van der Waals surface area contributed by atoms with Crippen molar-refractivity contribution in [3.05, 3.63) is 46.2 Å². The van der Waals surface area contributed by atoms with Crippen LogP contribution in [0.5, 0.6) is 11.5 Å². The minimum atomic E-state index is 0.0315. The Morgan fingerprint density at radius 1 is 1.30 bits per heavy atom. The highest BCUT2D eigenvalue weighted by atomic mass is 32.1. The minimum absolute atomic E-state index is 0.0315. The molecule has 1 aromatic heterocycles. The van der Waals surface area contributed by atoms with E-state index >= 15 is 0 Å². The second-order valence-electron chi connectivity index (χ2n) is 5.65. The fourth-order valence-electron chi connectivity index (χ4n) is 2.63. The van der Waals surface area contributed by atoms with Gasteiger partial charge in [0.25, 0.3) is 5.91 Å². The smallest absolute Gasteiger partial charge is 0.254 e. The molecule has 1 saturated heterocycles. The number of amides is 1. The summed E-state index contributed by atoms with van der Waals surface area (Å²) in [7, 11) is 1.63. The van der Waals surface area contributed by atoms with Crippen molar-refractivity contribution in [2.75, 3.05) is 20.2 Å². The molecular formula is C18H21NO3S. The lowest BCUT2D eigenvalue weighted by Gasteiger charge is -2.39. The zero-order chi connectivity index (χ0) is 16.2.